The molecule has 23 heavy (non-hydrogen) atoms. The van der Waals surface area contributed by atoms with Crippen LogP contribution in [0.3, 0.4) is 0 Å². The second-order valence-electron chi connectivity index (χ2n) is 5.83. The molecule has 1 aliphatic heterocycles. The quantitative estimate of drug-likeness (QED) is 0.322. The van der Waals surface area contributed by atoms with Gasteiger partial charge in [0.15, 0.2) is 6.29 Å². The van der Waals surface area contributed by atoms with Crippen LogP contribution in [0.5, 0.6) is 0 Å². The number of carboxylic acid groups (broad SMARTS) is 1. The summed E-state index contributed by atoms with van der Waals surface area (Å²) in [5.41, 5.74) is 0. The Hall–Kier alpha value is -0.770. The van der Waals surface area contributed by atoms with Crippen LogP contribution in [-0.2, 0) is 14.3 Å². The van der Waals surface area contributed by atoms with Gasteiger partial charge in [-0.15, -0.1) is 0 Å². The normalized spacial score (nSPS) is 31.2. The van der Waals surface area contributed by atoms with E-state index in [9.17, 15) is 20.1 Å². The maximum Gasteiger partial charge on any atom is 0.303 e. The van der Waals surface area contributed by atoms with Gasteiger partial charge in [-0.05, 0) is 12.8 Å². The maximum absolute atomic E-state index is 10.3. The first kappa shape index (κ1) is 20.3. The molecule has 1 fully saturated rings. The van der Waals surface area contributed by atoms with Crippen LogP contribution in [0, 0.1) is 0 Å². The highest BCUT2D eigenvalue weighted by molar-refractivity contribution is 5.66. The molecule has 0 spiro atoms. The van der Waals surface area contributed by atoms with Crippen LogP contribution in [0.2, 0.25) is 0 Å². The molecule has 8 heteroatoms. The molecule has 0 aromatic heterocycles. The first-order valence-corrected chi connectivity index (χ1v) is 8.11. The number of aliphatic hydroxyl groups excluding tert-OH is 4. The summed E-state index contributed by atoms with van der Waals surface area (Å²) in [6, 6.07) is 0. The number of aliphatic carboxylic acids is 1. The zero-order chi connectivity index (χ0) is 17.2. The van der Waals surface area contributed by atoms with Crippen LogP contribution in [0.1, 0.15) is 44.9 Å². The Kier molecular flexibility index (Phi) is 9.61. The zero-order valence-corrected chi connectivity index (χ0v) is 13.2. The third kappa shape index (κ3) is 7.11. The van der Waals surface area contributed by atoms with Gasteiger partial charge >= 0.3 is 5.97 Å². The summed E-state index contributed by atoms with van der Waals surface area (Å²) < 4.78 is 10.6. The van der Waals surface area contributed by atoms with Crippen molar-refractivity contribution in [2.75, 3.05) is 13.2 Å². The Morgan fingerprint density at radius 2 is 1.52 bits per heavy atom. The second kappa shape index (κ2) is 10.9. The zero-order valence-electron chi connectivity index (χ0n) is 13.2. The first-order valence-electron chi connectivity index (χ1n) is 8.11. The molecule has 1 aliphatic rings. The van der Waals surface area contributed by atoms with Crippen molar-refractivity contribution in [1.82, 2.24) is 0 Å². The molecule has 1 saturated heterocycles. The molecule has 0 bridgehead atoms. The molecule has 0 unspecified atom stereocenters. The van der Waals surface area contributed by atoms with Crippen molar-refractivity contribution < 1.29 is 39.8 Å². The summed E-state index contributed by atoms with van der Waals surface area (Å²) in [4.78, 5) is 10.3. The van der Waals surface area contributed by atoms with E-state index in [1.54, 1.807) is 0 Å². The van der Waals surface area contributed by atoms with E-state index in [2.05, 4.69) is 0 Å². The fraction of sp³-hybridized carbons (Fsp3) is 0.933. The summed E-state index contributed by atoms with van der Waals surface area (Å²) in [6.45, 7) is -0.140. The highest BCUT2D eigenvalue weighted by Crippen LogP contribution is 2.22. The van der Waals surface area contributed by atoms with E-state index in [1.165, 1.54) is 0 Å². The monoisotopic (exact) mass is 336 g/mol. The molecule has 5 atom stereocenters. The lowest BCUT2D eigenvalue weighted by Crippen LogP contribution is -2.59. The number of carbonyl (C=O) groups is 1. The Morgan fingerprint density at radius 1 is 0.913 bits per heavy atom. The summed E-state index contributed by atoms with van der Waals surface area (Å²) >= 11 is 0. The fourth-order valence-corrected chi connectivity index (χ4v) is 2.49. The van der Waals surface area contributed by atoms with Crippen LogP contribution in [0.25, 0.3) is 0 Å². The minimum atomic E-state index is -1.42. The number of aliphatic hydroxyl groups is 4. The van der Waals surface area contributed by atoms with Crippen LogP contribution in [0.4, 0.5) is 0 Å². The van der Waals surface area contributed by atoms with Crippen molar-refractivity contribution in [2.24, 2.45) is 0 Å². The number of hydrogen-bond donors (Lipinski definition) is 5. The van der Waals surface area contributed by atoms with Gasteiger partial charge in [0.2, 0.25) is 0 Å². The van der Waals surface area contributed by atoms with Crippen molar-refractivity contribution in [3.05, 3.63) is 0 Å². The topological polar surface area (TPSA) is 137 Å². The Balaban J connectivity index is 2.09. The van der Waals surface area contributed by atoms with E-state index < -0.39 is 43.3 Å². The molecule has 0 aromatic rings. The predicted octanol–water partition coefficient (Wildman–Crippen LogP) is -0.382. The van der Waals surface area contributed by atoms with Crippen LogP contribution >= 0.6 is 0 Å². The highest BCUT2D eigenvalue weighted by atomic mass is 16.7. The summed E-state index contributed by atoms with van der Waals surface area (Å²) in [7, 11) is 0. The minimum absolute atomic E-state index is 0.209. The third-order valence-corrected chi connectivity index (χ3v) is 3.92. The molecular weight excluding hydrogens is 308 g/mol. The van der Waals surface area contributed by atoms with Gasteiger partial charge in [0.1, 0.15) is 24.4 Å². The standard InChI is InChI=1S/C15H28O8/c16-9-10-12(19)13(20)14(21)15(23-10)22-8-6-4-2-1-3-5-7-11(17)18/h10,12-16,19-21H,1-9H2,(H,17,18)/t10-,12+,13+,14+,15+/m1/s1. The van der Waals surface area contributed by atoms with Crippen LogP contribution < -0.4 is 0 Å². The summed E-state index contributed by atoms with van der Waals surface area (Å²) in [5, 5.41) is 46.6. The first-order chi connectivity index (χ1) is 11.0. The van der Waals surface area contributed by atoms with Crippen molar-refractivity contribution in [3.8, 4) is 0 Å². The van der Waals surface area contributed by atoms with Gasteiger partial charge in [0, 0.05) is 13.0 Å². The lowest BCUT2D eigenvalue weighted by atomic mass is 9.99. The molecule has 1 rings (SSSR count). The van der Waals surface area contributed by atoms with Crippen LogP contribution in [-0.4, -0.2) is 75.4 Å². The van der Waals surface area contributed by atoms with E-state index in [0.29, 0.717) is 13.0 Å². The van der Waals surface area contributed by atoms with Gasteiger partial charge in [-0.2, -0.15) is 0 Å². The number of carboxylic acids is 1. The number of ether oxygens (including phenoxy) is 2. The molecule has 1 heterocycles. The Morgan fingerprint density at radius 3 is 2.13 bits per heavy atom. The van der Waals surface area contributed by atoms with E-state index in [0.717, 1.165) is 32.1 Å². The van der Waals surface area contributed by atoms with E-state index in [-0.39, 0.29) is 6.42 Å². The molecule has 5 N–H and O–H groups in total. The van der Waals surface area contributed by atoms with Gasteiger partial charge in [0.25, 0.3) is 0 Å². The predicted molar refractivity (Wildman–Crippen MR) is 79.7 cm³/mol. The molecule has 136 valence electrons. The van der Waals surface area contributed by atoms with Gasteiger partial charge < -0.3 is 35.0 Å². The highest BCUT2D eigenvalue weighted by Gasteiger charge is 2.43. The van der Waals surface area contributed by atoms with Crippen LogP contribution in [0.15, 0.2) is 0 Å². The number of hydrogen-bond acceptors (Lipinski definition) is 7. The fourth-order valence-electron chi connectivity index (χ4n) is 2.49. The van der Waals surface area contributed by atoms with Gasteiger partial charge in [-0.25, -0.2) is 0 Å². The molecule has 8 nitrogen and oxygen atoms in total. The molecule has 0 amide bonds. The van der Waals surface area contributed by atoms with Crippen molar-refractivity contribution in [3.63, 3.8) is 0 Å². The third-order valence-electron chi connectivity index (χ3n) is 3.92. The van der Waals surface area contributed by atoms with E-state index in [4.69, 9.17) is 19.7 Å². The molecule has 0 radical (unpaired) electrons. The Labute approximate surface area is 135 Å². The summed E-state index contributed by atoms with van der Waals surface area (Å²) in [6.07, 6.45) is -0.793. The number of rotatable bonds is 11. The maximum atomic E-state index is 10.3. The van der Waals surface area contributed by atoms with E-state index in [1.807, 2.05) is 0 Å². The number of unbranched alkanes of at least 4 members (excludes halogenated alkanes) is 5. The lowest BCUT2D eigenvalue weighted by Gasteiger charge is -2.39. The summed E-state index contributed by atoms with van der Waals surface area (Å²) in [5.74, 6) is -0.766. The van der Waals surface area contributed by atoms with Crippen molar-refractivity contribution >= 4 is 5.97 Å². The molecule has 0 aliphatic carbocycles. The molecule has 0 aromatic carbocycles. The molecular formula is C15H28O8. The molecule has 0 saturated carbocycles. The van der Waals surface area contributed by atoms with Gasteiger partial charge in [-0.3, -0.25) is 4.79 Å². The van der Waals surface area contributed by atoms with Crippen molar-refractivity contribution in [1.29, 1.82) is 0 Å². The Bertz CT molecular complexity index is 335. The second-order valence-corrected chi connectivity index (χ2v) is 5.83. The van der Waals surface area contributed by atoms with Crippen molar-refractivity contribution in [2.45, 2.75) is 75.7 Å². The van der Waals surface area contributed by atoms with E-state index >= 15 is 0 Å². The largest absolute Gasteiger partial charge is 0.481 e. The average Bonchev–Trinajstić information content (AvgIpc) is 2.52. The smallest absolute Gasteiger partial charge is 0.303 e. The minimum Gasteiger partial charge on any atom is -0.481 e. The average molecular weight is 336 g/mol. The lowest BCUT2D eigenvalue weighted by molar-refractivity contribution is -0.301. The van der Waals surface area contributed by atoms with Gasteiger partial charge in [0.05, 0.1) is 6.61 Å². The van der Waals surface area contributed by atoms with Gasteiger partial charge in [-0.1, -0.05) is 25.7 Å². The SMILES string of the molecule is O=C(O)CCCCCCCCO[C@H]1O[C@H](CO)[C@H](O)[C@H](O)[C@@H]1O.